The molecule has 5 nitrogen and oxygen atoms in total. The van der Waals surface area contributed by atoms with E-state index in [9.17, 15) is 9.59 Å². The Labute approximate surface area is 172 Å². The van der Waals surface area contributed by atoms with Crippen LogP contribution in [0.5, 0.6) is 5.75 Å². The molecule has 0 bridgehead atoms. The van der Waals surface area contributed by atoms with E-state index < -0.39 is 5.97 Å². The molecule has 2 aromatic carbocycles. The largest absolute Gasteiger partial charge is 0.496 e. The highest BCUT2D eigenvalue weighted by molar-refractivity contribution is 9.10. The van der Waals surface area contributed by atoms with Crippen LogP contribution in [0.4, 0.5) is 0 Å². The Morgan fingerprint density at radius 3 is 2.61 bits per heavy atom. The monoisotopic (exact) mass is 443 g/mol. The molecule has 1 saturated carbocycles. The molecule has 1 N–H and O–H groups in total. The molecule has 6 heteroatoms. The molecule has 0 heterocycles. The lowest BCUT2D eigenvalue weighted by molar-refractivity contribution is -0.143. The number of benzene rings is 2. The SMILES string of the molecule is COc1ccc(Br)cc1/C=C/C(=O)OCC(=O)NCC1(c2ccccc2)CC1. The van der Waals surface area contributed by atoms with Crippen molar-refractivity contribution in [3.63, 3.8) is 0 Å². The standard InChI is InChI=1S/C22H22BrNO4/c1-27-19-9-8-18(23)13-16(19)7-10-21(26)28-14-20(25)24-15-22(11-12-22)17-5-3-2-4-6-17/h2-10,13H,11-12,14-15H2,1H3,(H,24,25)/b10-7+. The van der Waals surface area contributed by atoms with Gasteiger partial charge in [0, 0.05) is 28.1 Å². The van der Waals surface area contributed by atoms with Crippen molar-refractivity contribution in [1.29, 1.82) is 0 Å². The normalized spacial score (nSPS) is 14.5. The second-order valence-corrected chi connectivity index (χ2v) is 7.67. The first-order chi connectivity index (χ1) is 13.5. The topological polar surface area (TPSA) is 64.6 Å². The van der Waals surface area contributed by atoms with Crippen molar-refractivity contribution in [2.45, 2.75) is 18.3 Å². The van der Waals surface area contributed by atoms with Gasteiger partial charge in [-0.25, -0.2) is 4.79 Å². The van der Waals surface area contributed by atoms with Gasteiger partial charge in [-0.05, 0) is 42.7 Å². The fourth-order valence-electron chi connectivity index (χ4n) is 3.01. The molecule has 0 aliphatic heterocycles. The number of amides is 1. The van der Waals surface area contributed by atoms with Gasteiger partial charge in [0.2, 0.25) is 0 Å². The van der Waals surface area contributed by atoms with Crippen LogP contribution in [0.2, 0.25) is 0 Å². The van der Waals surface area contributed by atoms with E-state index >= 15 is 0 Å². The highest BCUT2D eigenvalue weighted by Crippen LogP contribution is 2.47. The molecule has 1 fully saturated rings. The predicted molar refractivity (Wildman–Crippen MR) is 111 cm³/mol. The molecule has 1 aliphatic rings. The number of methoxy groups -OCH3 is 1. The van der Waals surface area contributed by atoms with Crippen LogP contribution in [0.25, 0.3) is 6.08 Å². The lowest BCUT2D eigenvalue weighted by Crippen LogP contribution is -2.35. The quantitative estimate of drug-likeness (QED) is 0.496. The van der Waals surface area contributed by atoms with Crippen LogP contribution in [0.15, 0.2) is 59.1 Å². The van der Waals surface area contributed by atoms with Gasteiger partial charge in [0.15, 0.2) is 6.61 Å². The third-order valence-electron chi connectivity index (χ3n) is 4.80. The minimum atomic E-state index is -0.582. The summed E-state index contributed by atoms with van der Waals surface area (Å²) in [7, 11) is 1.56. The van der Waals surface area contributed by atoms with E-state index in [0.717, 1.165) is 22.9 Å². The van der Waals surface area contributed by atoms with Crippen molar-refractivity contribution < 1.29 is 19.1 Å². The van der Waals surface area contributed by atoms with E-state index in [4.69, 9.17) is 9.47 Å². The van der Waals surface area contributed by atoms with Crippen LogP contribution in [-0.2, 0) is 19.7 Å². The molecule has 0 saturated heterocycles. The Morgan fingerprint density at radius 2 is 1.93 bits per heavy atom. The van der Waals surface area contributed by atoms with E-state index in [1.165, 1.54) is 11.6 Å². The van der Waals surface area contributed by atoms with Crippen LogP contribution in [0, 0.1) is 0 Å². The average molecular weight is 444 g/mol. The summed E-state index contributed by atoms with van der Waals surface area (Å²) in [5.74, 6) is -0.244. The van der Waals surface area contributed by atoms with Gasteiger partial charge in [-0.1, -0.05) is 46.3 Å². The van der Waals surface area contributed by atoms with Gasteiger partial charge >= 0.3 is 5.97 Å². The van der Waals surface area contributed by atoms with E-state index in [-0.39, 0.29) is 17.9 Å². The number of carbonyl (C=O) groups excluding carboxylic acids is 2. The summed E-state index contributed by atoms with van der Waals surface area (Å²) in [5.41, 5.74) is 1.99. The van der Waals surface area contributed by atoms with E-state index in [1.54, 1.807) is 19.3 Å². The molecule has 0 spiro atoms. The zero-order valence-electron chi connectivity index (χ0n) is 15.6. The van der Waals surface area contributed by atoms with Gasteiger partial charge in [0.05, 0.1) is 7.11 Å². The van der Waals surface area contributed by atoms with Crippen LogP contribution < -0.4 is 10.1 Å². The summed E-state index contributed by atoms with van der Waals surface area (Å²) < 4.78 is 11.1. The first-order valence-electron chi connectivity index (χ1n) is 9.03. The molecule has 0 aromatic heterocycles. The number of hydrogen-bond donors (Lipinski definition) is 1. The number of rotatable bonds is 8. The second kappa shape index (κ2) is 9.06. The summed E-state index contributed by atoms with van der Waals surface area (Å²) in [6.45, 7) is 0.252. The van der Waals surface area contributed by atoms with Gasteiger partial charge in [-0.2, -0.15) is 0 Å². The summed E-state index contributed by atoms with van der Waals surface area (Å²) in [5, 5.41) is 2.87. The number of esters is 1. The van der Waals surface area contributed by atoms with Crippen molar-refractivity contribution in [3.8, 4) is 5.75 Å². The maximum absolute atomic E-state index is 12.0. The van der Waals surface area contributed by atoms with Gasteiger partial charge in [-0.15, -0.1) is 0 Å². The molecule has 0 unspecified atom stereocenters. The van der Waals surface area contributed by atoms with E-state index in [2.05, 4.69) is 33.4 Å². The minimum Gasteiger partial charge on any atom is -0.496 e. The van der Waals surface area contributed by atoms with Crippen LogP contribution in [0.1, 0.15) is 24.0 Å². The molecule has 146 valence electrons. The van der Waals surface area contributed by atoms with Crippen molar-refractivity contribution in [3.05, 3.63) is 70.2 Å². The molecule has 1 amide bonds. The van der Waals surface area contributed by atoms with Crippen molar-refractivity contribution in [2.24, 2.45) is 0 Å². The highest BCUT2D eigenvalue weighted by atomic mass is 79.9. The highest BCUT2D eigenvalue weighted by Gasteiger charge is 2.44. The summed E-state index contributed by atoms with van der Waals surface area (Å²) in [6.07, 6.45) is 4.98. The van der Waals surface area contributed by atoms with Gasteiger partial charge in [0.25, 0.3) is 5.91 Å². The van der Waals surface area contributed by atoms with Gasteiger partial charge in [-0.3, -0.25) is 4.79 Å². The molecule has 2 aromatic rings. The zero-order chi connectivity index (χ0) is 20.0. The number of ether oxygens (including phenoxy) is 2. The smallest absolute Gasteiger partial charge is 0.331 e. The fraction of sp³-hybridized carbons (Fsp3) is 0.273. The Morgan fingerprint density at radius 1 is 1.18 bits per heavy atom. The van der Waals surface area contributed by atoms with Crippen molar-refractivity contribution >= 4 is 33.9 Å². The summed E-state index contributed by atoms with van der Waals surface area (Å²) in [6, 6.07) is 15.6. The Kier molecular flexibility index (Phi) is 6.52. The summed E-state index contributed by atoms with van der Waals surface area (Å²) in [4.78, 5) is 23.9. The second-order valence-electron chi connectivity index (χ2n) is 6.75. The maximum Gasteiger partial charge on any atom is 0.331 e. The van der Waals surface area contributed by atoms with Gasteiger partial charge in [0.1, 0.15) is 5.75 Å². The van der Waals surface area contributed by atoms with Crippen LogP contribution >= 0.6 is 15.9 Å². The van der Waals surface area contributed by atoms with Crippen molar-refractivity contribution in [2.75, 3.05) is 20.3 Å². The average Bonchev–Trinajstić information content (AvgIpc) is 3.51. The van der Waals surface area contributed by atoms with E-state index in [0.29, 0.717) is 12.3 Å². The molecular weight excluding hydrogens is 422 g/mol. The molecule has 0 atom stereocenters. The predicted octanol–water partition coefficient (Wildman–Crippen LogP) is 3.86. The fourth-order valence-corrected chi connectivity index (χ4v) is 3.39. The first-order valence-corrected chi connectivity index (χ1v) is 9.82. The number of hydrogen-bond acceptors (Lipinski definition) is 4. The lowest BCUT2D eigenvalue weighted by Gasteiger charge is -2.16. The Hall–Kier alpha value is -2.60. The number of nitrogens with one attached hydrogen (secondary N) is 1. The first kappa shape index (κ1) is 20.1. The Balaban J connectivity index is 1.46. The minimum absolute atomic E-state index is 0.0259. The van der Waals surface area contributed by atoms with Crippen LogP contribution in [0.3, 0.4) is 0 Å². The zero-order valence-corrected chi connectivity index (χ0v) is 17.2. The lowest BCUT2D eigenvalue weighted by atomic mass is 9.96. The third-order valence-corrected chi connectivity index (χ3v) is 5.29. The molecule has 0 radical (unpaired) electrons. The molecule has 3 rings (SSSR count). The van der Waals surface area contributed by atoms with Crippen LogP contribution in [-0.4, -0.2) is 32.1 Å². The van der Waals surface area contributed by atoms with Crippen molar-refractivity contribution in [1.82, 2.24) is 5.32 Å². The molecule has 28 heavy (non-hydrogen) atoms. The molecule has 1 aliphatic carbocycles. The van der Waals surface area contributed by atoms with Gasteiger partial charge < -0.3 is 14.8 Å². The maximum atomic E-state index is 12.0. The molecular formula is C22H22BrNO4. The Bertz CT molecular complexity index is 875. The van der Waals surface area contributed by atoms with E-state index in [1.807, 2.05) is 30.3 Å². The summed E-state index contributed by atoms with van der Waals surface area (Å²) >= 11 is 3.38. The number of halogens is 1. The third kappa shape index (κ3) is 5.23. The number of carbonyl (C=O) groups is 2.